The number of amides is 1. The number of nitrogens with one attached hydrogen (secondary N) is 1. The molecule has 0 radical (unpaired) electrons. The zero-order chi connectivity index (χ0) is 23.4. The lowest BCUT2D eigenvalue weighted by Gasteiger charge is -2.06. The van der Waals surface area contributed by atoms with E-state index in [0.717, 1.165) is 16.5 Å². The Morgan fingerprint density at radius 2 is 1.76 bits per heavy atom. The molecule has 0 saturated carbocycles. The summed E-state index contributed by atoms with van der Waals surface area (Å²) in [6.07, 6.45) is 2.48. The number of aromatic nitrogens is 1. The van der Waals surface area contributed by atoms with Gasteiger partial charge in [-0.1, -0.05) is 23.7 Å². The molecule has 0 saturated heterocycles. The Balaban J connectivity index is 1.54. The van der Waals surface area contributed by atoms with E-state index >= 15 is 0 Å². The summed E-state index contributed by atoms with van der Waals surface area (Å²) < 4.78 is 6.90. The molecular weight excluding hydrogens is 440 g/mol. The molecule has 0 aliphatic heterocycles. The number of benzene rings is 3. The number of nitrogens with zero attached hydrogens (tertiary/aromatic N) is 1. The van der Waals surface area contributed by atoms with Gasteiger partial charge in [0.2, 0.25) is 5.91 Å². The standard InChI is InChI=1S/C26H23ClN2O4/c1-33-22-10-11-24-23(15-22)19(16-29(24)26(32)18-4-6-20(27)7-5-18)14-25(31)28-13-12-17-2-8-21(30)9-3-17/h2-11,15-16,30H,12-14H2,1H3,(H,28,31). The molecule has 1 heterocycles. The number of fused-ring (bicyclic) bond motifs is 1. The van der Waals surface area contributed by atoms with Crippen molar-refractivity contribution in [3.8, 4) is 11.5 Å². The molecule has 0 aliphatic carbocycles. The summed E-state index contributed by atoms with van der Waals surface area (Å²) in [5, 5.41) is 13.6. The number of phenols is 1. The lowest BCUT2D eigenvalue weighted by atomic mass is 10.1. The number of aromatic hydroxyl groups is 1. The average molecular weight is 463 g/mol. The fourth-order valence-corrected chi connectivity index (χ4v) is 3.82. The molecule has 0 atom stereocenters. The summed E-state index contributed by atoms with van der Waals surface area (Å²) in [6, 6.07) is 19.0. The van der Waals surface area contributed by atoms with Crippen LogP contribution in [0.2, 0.25) is 5.02 Å². The van der Waals surface area contributed by atoms with Crippen molar-refractivity contribution < 1.29 is 19.4 Å². The van der Waals surface area contributed by atoms with Crippen LogP contribution in [0.15, 0.2) is 72.9 Å². The first-order valence-electron chi connectivity index (χ1n) is 10.5. The minimum atomic E-state index is -0.208. The quantitative estimate of drug-likeness (QED) is 0.420. The molecule has 0 unspecified atom stereocenters. The van der Waals surface area contributed by atoms with Crippen LogP contribution >= 0.6 is 11.6 Å². The van der Waals surface area contributed by atoms with Crippen LogP contribution in [0.4, 0.5) is 0 Å². The Bertz CT molecular complexity index is 1290. The summed E-state index contributed by atoms with van der Waals surface area (Å²) >= 11 is 5.95. The molecule has 0 bridgehead atoms. The van der Waals surface area contributed by atoms with Crippen molar-refractivity contribution in [2.75, 3.05) is 13.7 Å². The van der Waals surface area contributed by atoms with Crippen LogP contribution < -0.4 is 10.1 Å². The summed E-state index contributed by atoms with van der Waals surface area (Å²) in [4.78, 5) is 25.8. The number of methoxy groups -OCH3 is 1. The molecule has 1 amide bonds. The highest BCUT2D eigenvalue weighted by Crippen LogP contribution is 2.27. The van der Waals surface area contributed by atoms with Crippen molar-refractivity contribution in [3.63, 3.8) is 0 Å². The highest BCUT2D eigenvalue weighted by molar-refractivity contribution is 6.30. The van der Waals surface area contributed by atoms with E-state index in [9.17, 15) is 14.7 Å². The second-order valence-electron chi connectivity index (χ2n) is 7.66. The minimum Gasteiger partial charge on any atom is -0.508 e. The molecule has 33 heavy (non-hydrogen) atoms. The highest BCUT2D eigenvalue weighted by Gasteiger charge is 2.18. The van der Waals surface area contributed by atoms with E-state index in [4.69, 9.17) is 16.3 Å². The van der Waals surface area contributed by atoms with Crippen molar-refractivity contribution in [2.24, 2.45) is 0 Å². The van der Waals surface area contributed by atoms with Crippen LogP contribution in [0.1, 0.15) is 21.5 Å². The van der Waals surface area contributed by atoms with E-state index in [0.29, 0.717) is 34.8 Å². The zero-order valence-corrected chi connectivity index (χ0v) is 18.8. The van der Waals surface area contributed by atoms with E-state index in [1.807, 2.05) is 24.3 Å². The number of hydrogen-bond donors (Lipinski definition) is 2. The van der Waals surface area contributed by atoms with Gasteiger partial charge in [0.1, 0.15) is 11.5 Å². The third-order valence-corrected chi connectivity index (χ3v) is 5.68. The van der Waals surface area contributed by atoms with Gasteiger partial charge in [0.05, 0.1) is 19.0 Å². The van der Waals surface area contributed by atoms with Gasteiger partial charge in [-0.25, -0.2) is 0 Å². The lowest BCUT2D eigenvalue weighted by Crippen LogP contribution is -2.27. The van der Waals surface area contributed by atoms with E-state index < -0.39 is 0 Å². The van der Waals surface area contributed by atoms with Gasteiger partial charge in [0.15, 0.2) is 0 Å². The van der Waals surface area contributed by atoms with Crippen molar-refractivity contribution in [1.29, 1.82) is 0 Å². The minimum absolute atomic E-state index is 0.125. The molecule has 0 spiro atoms. The molecule has 0 aliphatic rings. The summed E-state index contributed by atoms with van der Waals surface area (Å²) in [5.41, 5.74) is 2.94. The number of ether oxygens (including phenoxy) is 1. The van der Waals surface area contributed by atoms with Gasteiger partial charge in [-0.2, -0.15) is 0 Å². The highest BCUT2D eigenvalue weighted by atomic mass is 35.5. The van der Waals surface area contributed by atoms with Gasteiger partial charge >= 0.3 is 0 Å². The topological polar surface area (TPSA) is 80.6 Å². The molecular formula is C26H23ClN2O4. The second kappa shape index (κ2) is 9.79. The monoisotopic (exact) mass is 462 g/mol. The normalized spacial score (nSPS) is 10.8. The van der Waals surface area contributed by atoms with E-state index in [-0.39, 0.29) is 24.0 Å². The van der Waals surface area contributed by atoms with Crippen molar-refractivity contribution in [1.82, 2.24) is 9.88 Å². The molecule has 1 aromatic heterocycles. The molecule has 4 aromatic rings. The predicted molar refractivity (Wildman–Crippen MR) is 128 cm³/mol. The van der Waals surface area contributed by atoms with Crippen LogP contribution in [-0.2, 0) is 17.6 Å². The van der Waals surface area contributed by atoms with E-state index in [2.05, 4.69) is 5.32 Å². The maximum atomic E-state index is 13.1. The van der Waals surface area contributed by atoms with Crippen LogP contribution in [0.3, 0.4) is 0 Å². The first-order valence-corrected chi connectivity index (χ1v) is 10.9. The molecule has 168 valence electrons. The van der Waals surface area contributed by atoms with Gasteiger partial charge < -0.3 is 15.2 Å². The lowest BCUT2D eigenvalue weighted by molar-refractivity contribution is -0.120. The smallest absolute Gasteiger partial charge is 0.262 e. The van der Waals surface area contributed by atoms with Crippen LogP contribution in [-0.4, -0.2) is 35.1 Å². The summed E-state index contributed by atoms with van der Waals surface area (Å²) in [6.45, 7) is 0.468. The molecule has 2 N–H and O–H groups in total. The summed E-state index contributed by atoms with van der Waals surface area (Å²) in [5.74, 6) is 0.506. The first-order chi connectivity index (χ1) is 15.9. The van der Waals surface area contributed by atoms with Gasteiger partial charge in [-0.05, 0) is 72.1 Å². The number of halogens is 1. The van der Waals surface area contributed by atoms with Gasteiger partial charge in [-0.15, -0.1) is 0 Å². The van der Waals surface area contributed by atoms with Crippen molar-refractivity contribution >= 4 is 34.3 Å². The number of hydrogen-bond acceptors (Lipinski definition) is 4. The van der Waals surface area contributed by atoms with Gasteiger partial charge in [-0.3, -0.25) is 14.2 Å². The molecule has 3 aromatic carbocycles. The maximum Gasteiger partial charge on any atom is 0.262 e. The molecule has 4 rings (SSSR count). The third kappa shape index (κ3) is 5.18. The Morgan fingerprint density at radius 3 is 2.45 bits per heavy atom. The Kier molecular flexibility index (Phi) is 6.66. The average Bonchev–Trinajstić information content (AvgIpc) is 3.17. The van der Waals surface area contributed by atoms with Crippen molar-refractivity contribution in [3.05, 3.63) is 94.6 Å². The molecule has 6 nitrogen and oxygen atoms in total. The third-order valence-electron chi connectivity index (χ3n) is 5.43. The zero-order valence-electron chi connectivity index (χ0n) is 18.0. The fourth-order valence-electron chi connectivity index (χ4n) is 3.69. The Hall–Kier alpha value is -3.77. The number of carbonyl (C=O) groups is 2. The van der Waals surface area contributed by atoms with Gasteiger partial charge in [0, 0.05) is 28.7 Å². The number of phenolic OH excluding ortho intramolecular Hbond substituents is 1. The number of carbonyl (C=O) groups excluding carboxylic acids is 2. The van der Waals surface area contributed by atoms with Crippen LogP contribution in [0.5, 0.6) is 11.5 Å². The van der Waals surface area contributed by atoms with Crippen LogP contribution in [0.25, 0.3) is 10.9 Å². The predicted octanol–water partition coefficient (Wildman–Crippen LogP) is 4.60. The Labute approximate surface area is 196 Å². The SMILES string of the molecule is COc1ccc2c(c1)c(CC(=O)NCCc1ccc(O)cc1)cn2C(=O)c1ccc(Cl)cc1. The second-order valence-corrected chi connectivity index (χ2v) is 8.10. The molecule has 7 heteroatoms. The fraction of sp³-hybridized carbons (Fsp3) is 0.154. The van der Waals surface area contributed by atoms with E-state index in [1.165, 1.54) is 0 Å². The molecule has 0 fully saturated rings. The first kappa shape index (κ1) is 22.4. The number of rotatable bonds is 7. The van der Waals surface area contributed by atoms with Crippen molar-refractivity contribution in [2.45, 2.75) is 12.8 Å². The maximum absolute atomic E-state index is 13.1. The largest absolute Gasteiger partial charge is 0.508 e. The Morgan fingerprint density at radius 1 is 1.03 bits per heavy atom. The van der Waals surface area contributed by atoms with Crippen LogP contribution in [0, 0.1) is 0 Å². The van der Waals surface area contributed by atoms with E-state index in [1.54, 1.807) is 60.3 Å². The summed E-state index contributed by atoms with van der Waals surface area (Å²) in [7, 11) is 1.58. The van der Waals surface area contributed by atoms with Gasteiger partial charge in [0.25, 0.3) is 5.91 Å².